The third-order valence-corrected chi connectivity index (χ3v) is 5.95. The van der Waals surface area contributed by atoms with Crippen molar-refractivity contribution in [1.82, 2.24) is 9.62 Å². The Bertz CT molecular complexity index is 1030. The third kappa shape index (κ3) is 5.17. The number of nitrogens with zero attached hydrogens (tertiary/aromatic N) is 1. The van der Waals surface area contributed by atoms with Crippen LogP contribution in [0.15, 0.2) is 42.5 Å². The van der Waals surface area contributed by atoms with E-state index in [0.717, 1.165) is 44.3 Å². The van der Waals surface area contributed by atoms with E-state index >= 15 is 0 Å². The van der Waals surface area contributed by atoms with Gasteiger partial charge in [0.15, 0.2) is 11.6 Å². The molecule has 0 unspecified atom stereocenters. The van der Waals surface area contributed by atoms with Gasteiger partial charge in [0.1, 0.15) is 0 Å². The Hall–Kier alpha value is -2.45. The first kappa shape index (κ1) is 20.8. The summed E-state index contributed by atoms with van der Waals surface area (Å²) in [5, 5.41) is 0. The molecule has 1 N–H and O–H groups in total. The highest BCUT2D eigenvalue weighted by atomic mass is 32.2. The van der Waals surface area contributed by atoms with Crippen LogP contribution in [-0.2, 0) is 16.6 Å². The number of ether oxygens (including phenoxy) is 1. The number of hydrogen-bond acceptors (Lipinski definition) is 5. The topological polar surface area (TPSA) is 75.7 Å². The lowest BCUT2D eigenvalue weighted by Gasteiger charge is -2.39. The van der Waals surface area contributed by atoms with Gasteiger partial charge in [0, 0.05) is 25.6 Å². The van der Waals surface area contributed by atoms with Gasteiger partial charge >= 0.3 is 0 Å². The summed E-state index contributed by atoms with van der Waals surface area (Å²) in [5.41, 5.74) is 1.77. The molecular formula is C22H25FN2O4S. The molecule has 1 aliphatic carbocycles. The van der Waals surface area contributed by atoms with Crippen molar-refractivity contribution < 1.29 is 22.3 Å². The smallest absolute Gasteiger partial charge is 0.267 e. The van der Waals surface area contributed by atoms with Gasteiger partial charge in [-0.05, 0) is 42.0 Å². The van der Waals surface area contributed by atoms with Crippen LogP contribution in [0.4, 0.5) is 4.39 Å². The van der Waals surface area contributed by atoms with Crippen LogP contribution in [0.3, 0.4) is 0 Å². The highest BCUT2D eigenvalue weighted by Crippen LogP contribution is 2.42. The number of amides is 1. The van der Waals surface area contributed by atoms with E-state index < -0.39 is 21.7 Å². The number of sulfonamides is 1. The minimum atomic E-state index is -3.78. The van der Waals surface area contributed by atoms with E-state index in [1.54, 1.807) is 6.07 Å². The fourth-order valence-corrected chi connectivity index (χ4v) is 4.17. The maximum absolute atomic E-state index is 14.9. The summed E-state index contributed by atoms with van der Waals surface area (Å²) in [5.74, 6) is -1.23. The summed E-state index contributed by atoms with van der Waals surface area (Å²) in [4.78, 5) is 14.6. The van der Waals surface area contributed by atoms with Gasteiger partial charge in [0.2, 0.25) is 10.0 Å². The Balaban J connectivity index is 1.39. The summed E-state index contributed by atoms with van der Waals surface area (Å²) in [6, 6.07) is 13.3. The van der Waals surface area contributed by atoms with Crippen molar-refractivity contribution in [3.63, 3.8) is 0 Å². The summed E-state index contributed by atoms with van der Waals surface area (Å²) in [7, 11) is -3.78. The fraction of sp³-hybridized carbons (Fsp3) is 0.409. The van der Waals surface area contributed by atoms with Crippen molar-refractivity contribution in [2.45, 2.75) is 25.3 Å². The summed E-state index contributed by atoms with van der Waals surface area (Å²) >= 11 is 0. The standard InChI is InChI=1S/C22H25FN2O4S/c1-30(27,28)24-22(26)19-9-18(17-7-8-17)10-20(21(19)23)29-14-16-12-25(13-16)11-15-5-3-2-4-6-15/h2-6,9-10,16-17H,7-8,11-14H2,1H3,(H,24,26). The van der Waals surface area contributed by atoms with Crippen LogP contribution in [0.1, 0.15) is 40.2 Å². The van der Waals surface area contributed by atoms with Crippen molar-refractivity contribution in [1.29, 1.82) is 0 Å². The molecule has 1 aliphatic heterocycles. The average Bonchev–Trinajstić information content (AvgIpc) is 3.49. The molecule has 4 rings (SSSR count). The van der Waals surface area contributed by atoms with Crippen LogP contribution >= 0.6 is 0 Å². The molecule has 1 amide bonds. The summed E-state index contributed by atoms with van der Waals surface area (Å²) in [6.07, 6.45) is 2.80. The summed E-state index contributed by atoms with van der Waals surface area (Å²) in [6.45, 7) is 2.95. The monoisotopic (exact) mass is 432 g/mol. The number of nitrogens with one attached hydrogen (secondary N) is 1. The first-order valence-electron chi connectivity index (χ1n) is 10.0. The second-order valence-electron chi connectivity index (χ2n) is 8.21. The van der Waals surface area contributed by atoms with Gasteiger partial charge in [0.25, 0.3) is 5.91 Å². The Kier molecular flexibility index (Phi) is 5.79. The van der Waals surface area contributed by atoms with Crippen molar-refractivity contribution in [2.24, 2.45) is 5.92 Å². The van der Waals surface area contributed by atoms with Crippen LogP contribution in [0.5, 0.6) is 5.75 Å². The highest BCUT2D eigenvalue weighted by Gasteiger charge is 2.30. The normalized spacial score (nSPS) is 17.4. The number of likely N-dealkylation sites (tertiary alicyclic amines) is 1. The van der Waals surface area contributed by atoms with Gasteiger partial charge in [-0.1, -0.05) is 30.3 Å². The zero-order valence-corrected chi connectivity index (χ0v) is 17.6. The molecule has 2 fully saturated rings. The van der Waals surface area contributed by atoms with E-state index in [2.05, 4.69) is 17.0 Å². The predicted octanol–water partition coefficient (Wildman–Crippen LogP) is 2.90. The van der Waals surface area contributed by atoms with Gasteiger partial charge < -0.3 is 4.74 Å². The molecule has 1 heterocycles. The molecule has 30 heavy (non-hydrogen) atoms. The number of rotatable bonds is 8. The van der Waals surface area contributed by atoms with E-state index in [-0.39, 0.29) is 23.1 Å². The lowest BCUT2D eigenvalue weighted by molar-refractivity contribution is 0.0545. The molecule has 2 aromatic rings. The molecule has 1 saturated carbocycles. The van der Waals surface area contributed by atoms with Gasteiger partial charge in [-0.2, -0.15) is 0 Å². The van der Waals surface area contributed by atoms with Crippen LogP contribution in [0.25, 0.3) is 0 Å². The molecule has 160 valence electrons. The van der Waals surface area contributed by atoms with Crippen LogP contribution < -0.4 is 9.46 Å². The Morgan fingerprint density at radius 1 is 1.20 bits per heavy atom. The third-order valence-electron chi connectivity index (χ3n) is 5.39. The number of hydrogen-bond donors (Lipinski definition) is 1. The van der Waals surface area contributed by atoms with Crippen LogP contribution in [0.2, 0.25) is 0 Å². The second kappa shape index (κ2) is 8.35. The van der Waals surface area contributed by atoms with E-state index in [0.29, 0.717) is 6.61 Å². The molecule has 0 aromatic heterocycles. The molecule has 0 spiro atoms. The first-order valence-corrected chi connectivity index (χ1v) is 11.9. The SMILES string of the molecule is CS(=O)(=O)NC(=O)c1cc(C2CC2)cc(OCC2CN(Cc3ccccc3)C2)c1F. The molecule has 2 aromatic carbocycles. The predicted molar refractivity (Wildman–Crippen MR) is 111 cm³/mol. The van der Waals surface area contributed by atoms with E-state index in [9.17, 15) is 17.6 Å². The number of carbonyl (C=O) groups is 1. The molecule has 1 saturated heterocycles. The minimum absolute atomic E-state index is 0.0135. The zero-order chi connectivity index (χ0) is 21.3. The molecule has 0 radical (unpaired) electrons. The largest absolute Gasteiger partial charge is 0.490 e. The second-order valence-corrected chi connectivity index (χ2v) is 9.96. The average molecular weight is 433 g/mol. The Morgan fingerprint density at radius 2 is 1.90 bits per heavy atom. The number of benzene rings is 2. The molecule has 0 bridgehead atoms. The van der Waals surface area contributed by atoms with Gasteiger partial charge in [-0.25, -0.2) is 17.5 Å². The molecule has 0 atom stereocenters. The van der Waals surface area contributed by atoms with Crippen molar-refractivity contribution in [3.05, 3.63) is 65.0 Å². The summed E-state index contributed by atoms with van der Waals surface area (Å²) < 4.78 is 45.2. The Morgan fingerprint density at radius 3 is 2.53 bits per heavy atom. The minimum Gasteiger partial charge on any atom is -0.490 e. The zero-order valence-electron chi connectivity index (χ0n) is 16.8. The first-order chi connectivity index (χ1) is 14.3. The lowest BCUT2D eigenvalue weighted by Crippen LogP contribution is -2.48. The number of halogens is 1. The lowest BCUT2D eigenvalue weighted by atomic mass is 10.00. The van der Waals surface area contributed by atoms with Crippen LogP contribution in [-0.4, -0.2) is 45.2 Å². The quantitative estimate of drug-likeness (QED) is 0.694. The van der Waals surface area contributed by atoms with Crippen molar-refractivity contribution >= 4 is 15.9 Å². The highest BCUT2D eigenvalue weighted by molar-refractivity contribution is 7.89. The van der Waals surface area contributed by atoms with Gasteiger partial charge in [0.05, 0.1) is 18.4 Å². The van der Waals surface area contributed by atoms with E-state index in [4.69, 9.17) is 4.74 Å². The van der Waals surface area contributed by atoms with Gasteiger partial charge in [-0.3, -0.25) is 9.69 Å². The van der Waals surface area contributed by atoms with E-state index in [1.165, 1.54) is 11.6 Å². The van der Waals surface area contributed by atoms with E-state index in [1.807, 2.05) is 22.9 Å². The maximum Gasteiger partial charge on any atom is 0.267 e. The molecule has 2 aliphatic rings. The van der Waals surface area contributed by atoms with Crippen molar-refractivity contribution in [3.8, 4) is 5.75 Å². The van der Waals surface area contributed by atoms with Crippen LogP contribution in [0, 0.1) is 11.7 Å². The number of carbonyl (C=O) groups excluding carboxylic acids is 1. The fourth-order valence-electron chi connectivity index (χ4n) is 3.73. The molecule has 6 nitrogen and oxygen atoms in total. The van der Waals surface area contributed by atoms with Crippen molar-refractivity contribution in [2.75, 3.05) is 26.0 Å². The Labute approximate surface area is 176 Å². The molecular weight excluding hydrogens is 407 g/mol. The molecule has 8 heteroatoms. The van der Waals surface area contributed by atoms with Gasteiger partial charge in [-0.15, -0.1) is 0 Å². The maximum atomic E-state index is 14.9.